The molecular formula is C19H21N3O3S2. The van der Waals surface area contributed by atoms with Crippen molar-refractivity contribution in [3.05, 3.63) is 40.8 Å². The first kappa shape index (κ1) is 19.6. The topological polar surface area (TPSA) is 69.7 Å². The van der Waals surface area contributed by atoms with E-state index in [0.29, 0.717) is 35.2 Å². The summed E-state index contributed by atoms with van der Waals surface area (Å²) in [4.78, 5) is 39.9. The van der Waals surface area contributed by atoms with E-state index in [-0.39, 0.29) is 24.3 Å². The Morgan fingerprint density at radius 1 is 1.26 bits per heavy atom. The number of likely N-dealkylation sites (tertiary alicyclic amines) is 1. The van der Waals surface area contributed by atoms with Crippen molar-refractivity contribution in [1.29, 1.82) is 0 Å². The van der Waals surface area contributed by atoms with E-state index in [1.807, 2.05) is 35.2 Å². The average Bonchev–Trinajstić information content (AvgIpc) is 3.18. The third kappa shape index (κ3) is 5.17. The first-order valence-electron chi connectivity index (χ1n) is 8.89. The van der Waals surface area contributed by atoms with E-state index in [0.717, 1.165) is 18.5 Å². The van der Waals surface area contributed by atoms with Crippen LogP contribution in [-0.2, 0) is 14.4 Å². The molecule has 1 aromatic carbocycles. The minimum atomic E-state index is -0.250. The van der Waals surface area contributed by atoms with Gasteiger partial charge in [-0.3, -0.25) is 19.3 Å². The quantitative estimate of drug-likeness (QED) is 0.429. The number of nitrogens with zero attached hydrogens (tertiary/aromatic N) is 2. The number of thiocarbonyl (C=S) groups is 1. The van der Waals surface area contributed by atoms with Gasteiger partial charge >= 0.3 is 0 Å². The van der Waals surface area contributed by atoms with E-state index in [1.54, 1.807) is 6.08 Å². The van der Waals surface area contributed by atoms with Crippen molar-refractivity contribution >= 4 is 52.1 Å². The Morgan fingerprint density at radius 3 is 2.74 bits per heavy atom. The van der Waals surface area contributed by atoms with Gasteiger partial charge in [0.05, 0.1) is 4.91 Å². The molecule has 0 spiro atoms. The fourth-order valence-corrected chi connectivity index (χ4v) is 4.23. The fraction of sp³-hybridized carbons (Fsp3) is 0.368. The summed E-state index contributed by atoms with van der Waals surface area (Å²) in [6, 6.07) is 9.52. The van der Waals surface area contributed by atoms with E-state index >= 15 is 0 Å². The number of amides is 3. The number of hydrogen-bond donors (Lipinski definition) is 1. The van der Waals surface area contributed by atoms with Gasteiger partial charge < -0.3 is 10.2 Å². The second-order valence-electron chi connectivity index (χ2n) is 6.37. The standard InChI is InChI=1S/C19H21N3O3S2/c23-16(20-9-5-11-21-10-4-8-17(21)24)13-22-18(25)15(27-19(22)26)12-14-6-2-1-3-7-14/h1-3,6-7,12H,4-5,8-11,13H2,(H,20,23). The maximum absolute atomic E-state index is 12.5. The van der Waals surface area contributed by atoms with Gasteiger partial charge in [-0.25, -0.2) is 0 Å². The van der Waals surface area contributed by atoms with Gasteiger partial charge in [0.15, 0.2) is 0 Å². The number of hydrogen-bond acceptors (Lipinski definition) is 5. The molecule has 2 saturated heterocycles. The number of carbonyl (C=O) groups is 3. The van der Waals surface area contributed by atoms with E-state index in [2.05, 4.69) is 5.32 Å². The normalized spacial score (nSPS) is 18.7. The molecule has 2 fully saturated rings. The van der Waals surface area contributed by atoms with Crippen molar-refractivity contribution < 1.29 is 14.4 Å². The summed E-state index contributed by atoms with van der Waals surface area (Å²) in [5, 5.41) is 2.79. The zero-order chi connectivity index (χ0) is 19.2. The minimum absolute atomic E-state index is 0.0839. The summed E-state index contributed by atoms with van der Waals surface area (Å²) in [6.07, 6.45) is 4.02. The van der Waals surface area contributed by atoms with E-state index in [1.165, 1.54) is 16.7 Å². The predicted molar refractivity (Wildman–Crippen MR) is 110 cm³/mol. The van der Waals surface area contributed by atoms with Crippen LogP contribution in [0, 0.1) is 0 Å². The van der Waals surface area contributed by atoms with Crippen molar-refractivity contribution in [3.63, 3.8) is 0 Å². The lowest BCUT2D eigenvalue weighted by Crippen LogP contribution is -2.40. The molecule has 3 amide bonds. The molecule has 0 atom stereocenters. The molecular weight excluding hydrogens is 382 g/mol. The highest BCUT2D eigenvalue weighted by molar-refractivity contribution is 8.26. The highest BCUT2D eigenvalue weighted by Gasteiger charge is 2.33. The summed E-state index contributed by atoms with van der Waals surface area (Å²) in [7, 11) is 0. The van der Waals surface area contributed by atoms with Gasteiger partial charge in [0.25, 0.3) is 5.91 Å². The molecule has 0 radical (unpaired) electrons. The number of rotatable bonds is 7. The Balaban J connectivity index is 1.46. The van der Waals surface area contributed by atoms with Crippen molar-refractivity contribution in [2.24, 2.45) is 0 Å². The third-order valence-electron chi connectivity index (χ3n) is 4.37. The zero-order valence-corrected chi connectivity index (χ0v) is 16.5. The van der Waals surface area contributed by atoms with Gasteiger partial charge in [-0.05, 0) is 24.5 Å². The molecule has 2 aliphatic heterocycles. The maximum Gasteiger partial charge on any atom is 0.266 e. The first-order chi connectivity index (χ1) is 13.0. The number of thioether (sulfide) groups is 1. The molecule has 8 heteroatoms. The summed E-state index contributed by atoms with van der Waals surface area (Å²) in [5.41, 5.74) is 0.916. The highest BCUT2D eigenvalue weighted by atomic mass is 32.2. The van der Waals surface area contributed by atoms with Crippen LogP contribution in [0.3, 0.4) is 0 Å². The number of carbonyl (C=O) groups excluding carboxylic acids is 3. The van der Waals surface area contributed by atoms with Gasteiger partial charge in [-0.1, -0.05) is 54.3 Å². The molecule has 1 N–H and O–H groups in total. The Bertz CT molecular complexity index is 780. The Hall–Kier alpha value is -2.19. The largest absolute Gasteiger partial charge is 0.354 e. The summed E-state index contributed by atoms with van der Waals surface area (Å²) in [5.74, 6) is -0.309. The second kappa shape index (κ2) is 9.14. The SMILES string of the molecule is O=C(CN1C(=O)C(=Cc2ccccc2)SC1=S)NCCCN1CCCC1=O. The van der Waals surface area contributed by atoms with Crippen LogP contribution in [-0.4, -0.2) is 58.0 Å². The number of benzene rings is 1. The Morgan fingerprint density at radius 2 is 2.04 bits per heavy atom. The smallest absolute Gasteiger partial charge is 0.266 e. The van der Waals surface area contributed by atoms with Crippen LogP contribution in [0.4, 0.5) is 0 Å². The summed E-state index contributed by atoms with van der Waals surface area (Å²) >= 11 is 6.46. The zero-order valence-electron chi connectivity index (χ0n) is 14.8. The van der Waals surface area contributed by atoms with Crippen LogP contribution in [0.5, 0.6) is 0 Å². The molecule has 142 valence electrons. The highest BCUT2D eigenvalue weighted by Crippen LogP contribution is 2.32. The van der Waals surface area contributed by atoms with Crippen LogP contribution in [0.1, 0.15) is 24.8 Å². The minimum Gasteiger partial charge on any atom is -0.354 e. The van der Waals surface area contributed by atoms with Gasteiger partial charge in [-0.2, -0.15) is 0 Å². The maximum atomic E-state index is 12.5. The van der Waals surface area contributed by atoms with Gasteiger partial charge in [0.1, 0.15) is 10.9 Å². The van der Waals surface area contributed by atoms with Gasteiger partial charge in [0.2, 0.25) is 11.8 Å². The molecule has 2 heterocycles. The molecule has 0 bridgehead atoms. The lowest BCUT2D eigenvalue weighted by molar-refractivity contribution is -0.129. The van der Waals surface area contributed by atoms with Crippen LogP contribution < -0.4 is 5.32 Å². The lowest BCUT2D eigenvalue weighted by Gasteiger charge is -2.16. The van der Waals surface area contributed by atoms with Gasteiger partial charge in [-0.15, -0.1) is 0 Å². The van der Waals surface area contributed by atoms with Crippen molar-refractivity contribution in [2.75, 3.05) is 26.2 Å². The Kier molecular flexibility index (Phi) is 6.63. The monoisotopic (exact) mass is 403 g/mol. The van der Waals surface area contributed by atoms with Crippen molar-refractivity contribution in [1.82, 2.24) is 15.1 Å². The number of nitrogens with one attached hydrogen (secondary N) is 1. The van der Waals surface area contributed by atoms with E-state index in [4.69, 9.17) is 12.2 Å². The fourth-order valence-electron chi connectivity index (χ4n) is 2.97. The molecule has 6 nitrogen and oxygen atoms in total. The van der Waals surface area contributed by atoms with Crippen molar-refractivity contribution in [3.8, 4) is 0 Å². The van der Waals surface area contributed by atoms with Gasteiger partial charge in [0, 0.05) is 26.1 Å². The molecule has 3 rings (SSSR count). The summed E-state index contributed by atoms with van der Waals surface area (Å²) < 4.78 is 0.389. The molecule has 2 aliphatic rings. The lowest BCUT2D eigenvalue weighted by atomic mass is 10.2. The summed E-state index contributed by atoms with van der Waals surface area (Å²) in [6.45, 7) is 1.84. The molecule has 27 heavy (non-hydrogen) atoms. The van der Waals surface area contributed by atoms with Crippen LogP contribution in [0.15, 0.2) is 35.2 Å². The second-order valence-corrected chi connectivity index (χ2v) is 8.04. The van der Waals surface area contributed by atoms with E-state index < -0.39 is 0 Å². The molecule has 0 aromatic heterocycles. The molecule has 0 aliphatic carbocycles. The first-order valence-corrected chi connectivity index (χ1v) is 10.1. The third-order valence-corrected chi connectivity index (χ3v) is 5.75. The average molecular weight is 404 g/mol. The van der Waals surface area contributed by atoms with Crippen molar-refractivity contribution in [2.45, 2.75) is 19.3 Å². The van der Waals surface area contributed by atoms with E-state index in [9.17, 15) is 14.4 Å². The molecule has 1 aromatic rings. The molecule has 0 unspecified atom stereocenters. The van der Waals surface area contributed by atoms with Crippen LogP contribution >= 0.6 is 24.0 Å². The van der Waals surface area contributed by atoms with Crippen LogP contribution in [0.25, 0.3) is 6.08 Å². The van der Waals surface area contributed by atoms with Crippen LogP contribution in [0.2, 0.25) is 0 Å². The molecule has 0 saturated carbocycles. The predicted octanol–water partition coefficient (Wildman–Crippen LogP) is 2.02. The Labute approximate surface area is 168 Å².